The number of rotatable bonds is 8. The van der Waals surface area contributed by atoms with Gasteiger partial charge in [0.05, 0.1) is 28.3 Å². The second-order valence-electron chi connectivity index (χ2n) is 6.47. The van der Waals surface area contributed by atoms with Gasteiger partial charge in [-0.2, -0.15) is 0 Å². The predicted molar refractivity (Wildman–Crippen MR) is 116 cm³/mol. The lowest BCUT2D eigenvalue weighted by Gasteiger charge is -2.24. The average Bonchev–Trinajstić information content (AvgIpc) is 2.78. The van der Waals surface area contributed by atoms with Crippen molar-refractivity contribution < 1.29 is 27.3 Å². The summed E-state index contributed by atoms with van der Waals surface area (Å²) < 4.78 is 46.6. The van der Waals surface area contributed by atoms with E-state index >= 15 is 0 Å². The monoisotopic (exact) mass is 459 g/mol. The van der Waals surface area contributed by atoms with Crippen LogP contribution in [0.15, 0.2) is 77.7 Å². The summed E-state index contributed by atoms with van der Waals surface area (Å²) in [5.74, 6) is -1.56. The minimum Gasteiger partial charge on any atom is -0.495 e. The van der Waals surface area contributed by atoms with Gasteiger partial charge < -0.3 is 10.1 Å². The Morgan fingerprint density at radius 1 is 1.09 bits per heavy atom. The summed E-state index contributed by atoms with van der Waals surface area (Å²) in [7, 11) is -3.00. The number of sulfonamides is 1. The van der Waals surface area contributed by atoms with Gasteiger partial charge in [0.2, 0.25) is 5.91 Å². The minimum atomic E-state index is -4.31. The number of halogens is 1. The molecule has 32 heavy (non-hydrogen) atoms. The van der Waals surface area contributed by atoms with Gasteiger partial charge in [-0.15, -0.1) is 0 Å². The summed E-state index contributed by atoms with van der Waals surface area (Å²) in [5.41, 5.74) is -0.654. The van der Waals surface area contributed by atoms with Gasteiger partial charge in [0.15, 0.2) is 0 Å². The Morgan fingerprint density at radius 3 is 2.38 bits per heavy atom. The lowest BCUT2D eigenvalue weighted by molar-refractivity contribution is -0.384. The van der Waals surface area contributed by atoms with Crippen LogP contribution < -0.4 is 14.4 Å². The molecule has 9 nitrogen and oxygen atoms in total. The maximum atomic E-state index is 14.5. The third-order valence-corrected chi connectivity index (χ3v) is 6.18. The highest BCUT2D eigenvalue weighted by molar-refractivity contribution is 7.92. The first-order valence-corrected chi connectivity index (χ1v) is 10.6. The van der Waals surface area contributed by atoms with Crippen LogP contribution >= 0.6 is 0 Å². The number of methoxy groups -OCH3 is 1. The van der Waals surface area contributed by atoms with Gasteiger partial charge in [-0.3, -0.25) is 19.2 Å². The molecular formula is C21H18FN3O6S. The molecule has 0 fully saturated rings. The molecule has 0 aliphatic carbocycles. The molecule has 1 N–H and O–H groups in total. The molecule has 0 unspecified atom stereocenters. The number of non-ortho nitro benzene ring substituents is 1. The third-order valence-electron chi connectivity index (χ3n) is 4.41. The highest BCUT2D eigenvalue weighted by Crippen LogP contribution is 2.30. The first-order chi connectivity index (χ1) is 15.2. The molecule has 3 aromatic carbocycles. The first kappa shape index (κ1) is 22.7. The standard InChI is InChI=1S/C21H18FN3O6S/c1-31-20-12-11-15(25(27)28)13-18(20)23-21(26)14-24(19-10-6-5-9-17(19)22)32(29,30)16-7-3-2-4-8-16/h2-13H,14H2,1H3,(H,23,26). The van der Waals surface area contributed by atoms with E-state index in [2.05, 4.69) is 5.32 Å². The average molecular weight is 459 g/mol. The maximum absolute atomic E-state index is 14.5. The zero-order valence-electron chi connectivity index (χ0n) is 16.8. The smallest absolute Gasteiger partial charge is 0.271 e. The van der Waals surface area contributed by atoms with Crippen LogP contribution in [-0.2, 0) is 14.8 Å². The third kappa shape index (κ3) is 4.83. The van der Waals surface area contributed by atoms with Gasteiger partial charge in [0.1, 0.15) is 18.1 Å². The number of nitrogens with zero attached hydrogens (tertiary/aromatic N) is 2. The fraction of sp³-hybridized carbons (Fsp3) is 0.0952. The van der Waals surface area contributed by atoms with Crippen LogP contribution in [0.2, 0.25) is 0 Å². The largest absolute Gasteiger partial charge is 0.495 e. The van der Waals surface area contributed by atoms with Crippen LogP contribution in [0.3, 0.4) is 0 Å². The van der Waals surface area contributed by atoms with Crippen molar-refractivity contribution in [2.45, 2.75) is 4.90 Å². The van der Waals surface area contributed by atoms with Gasteiger partial charge >= 0.3 is 0 Å². The molecule has 0 radical (unpaired) electrons. The topological polar surface area (TPSA) is 119 Å². The van der Waals surface area contributed by atoms with Crippen molar-refractivity contribution in [1.82, 2.24) is 0 Å². The summed E-state index contributed by atoms with van der Waals surface area (Å²) in [6.07, 6.45) is 0. The van der Waals surface area contributed by atoms with Gasteiger partial charge in [-0.05, 0) is 30.3 Å². The number of para-hydroxylation sites is 1. The number of nitro groups is 1. The van der Waals surface area contributed by atoms with Crippen LogP contribution in [0, 0.1) is 15.9 Å². The lowest BCUT2D eigenvalue weighted by Crippen LogP contribution is -2.38. The van der Waals surface area contributed by atoms with E-state index in [4.69, 9.17) is 4.74 Å². The molecule has 0 saturated carbocycles. The summed E-state index contributed by atoms with van der Waals surface area (Å²) in [4.78, 5) is 23.0. The van der Waals surface area contributed by atoms with Gasteiger partial charge in [0, 0.05) is 12.1 Å². The number of nitro benzene ring substituents is 1. The molecule has 166 valence electrons. The Bertz CT molecular complexity index is 1250. The molecule has 3 aromatic rings. The quantitative estimate of drug-likeness (QED) is 0.406. The Morgan fingerprint density at radius 2 is 1.75 bits per heavy atom. The summed E-state index contributed by atoms with van der Waals surface area (Å²) in [6.45, 7) is -0.788. The van der Waals surface area contributed by atoms with Crippen molar-refractivity contribution in [3.8, 4) is 5.75 Å². The Balaban J connectivity index is 1.98. The molecule has 0 aliphatic heterocycles. The van der Waals surface area contributed by atoms with Crippen molar-refractivity contribution in [1.29, 1.82) is 0 Å². The summed E-state index contributed by atoms with van der Waals surface area (Å²) in [5, 5.41) is 13.5. The number of benzene rings is 3. The molecule has 0 aliphatic rings. The number of hydrogen-bond acceptors (Lipinski definition) is 6. The Labute approximate surface area is 183 Å². The SMILES string of the molecule is COc1ccc([N+](=O)[O-])cc1NC(=O)CN(c1ccccc1F)S(=O)(=O)c1ccccc1. The van der Waals surface area contributed by atoms with E-state index in [1.54, 1.807) is 6.07 Å². The zero-order chi connectivity index (χ0) is 23.3. The first-order valence-electron chi connectivity index (χ1n) is 9.18. The normalized spacial score (nSPS) is 10.9. The minimum absolute atomic E-state index is 0.0303. The number of carbonyl (C=O) groups excluding carboxylic acids is 1. The summed E-state index contributed by atoms with van der Waals surface area (Å²) in [6, 6.07) is 16.0. The van der Waals surface area contributed by atoms with Crippen molar-refractivity contribution in [3.63, 3.8) is 0 Å². The number of amides is 1. The highest BCUT2D eigenvalue weighted by atomic mass is 32.2. The van der Waals surface area contributed by atoms with Gasteiger partial charge in [-0.25, -0.2) is 12.8 Å². The molecule has 0 heterocycles. The number of nitrogens with one attached hydrogen (secondary N) is 1. The van der Waals surface area contributed by atoms with Crippen molar-refractivity contribution in [3.05, 3.63) is 88.7 Å². The van der Waals surface area contributed by atoms with Crippen molar-refractivity contribution in [2.75, 3.05) is 23.3 Å². The van der Waals surface area contributed by atoms with Crippen LogP contribution in [0.5, 0.6) is 5.75 Å². The molecule has 0 aromatic heterocycles. The number of anilines is 2. The number of ether oxygens (including phenoxy) is 1. The number of carbonyl (C=O) groups is 1. The molecular weight excluding hydrogens is 441 g/mol. The molecule has 1 amide bonds. The molecule has 0 saturated heterocycles. The van der Waals surface area contributed by atoms with E-state index < -0.39 is 33.2 Å². The lowest BCUT2D eigenvalue weighted by atomic mass is 10.2. The van der Waals surface area contributed by atoms with Crippen LogP contribution in [0.4, 0.5) is 21.5 Å². The van der Waals surface area contributed by atoms with Gasteiger partial charge in [0.25, 0.3) is 15.7 Å². The second-order valence-corrected chi connectivity index (χ2v) is 8.33. The second kappa shape index (κ2) is 9.43. The zero-order valence-corrected chi connectivity index (χ0v) is 17.6. The van der Waals surface area contributed by atoms with Gasteiger partial charge in [-0.1, -0.05) is 30.3 Å². The van der Waals surface area contributed by atoms with Crippen molar-refractivity contribution >= 4 is 33.0 Å². The number of hydrogen-bond donors (Lipinski definition) is 1. The van der Waals surface area contributed by atoms with E-state index in [1.165, 1.54) is 61.7 Å². The molecule has 11 heteroatoms. The van der Waals surface area contributed by atoms with Crippen LogP contribution in [-0.4, -0.2) is 32.9 Å². The highest BCUT2D eigenvalue weighted by Gasteiger charge is 2.29. The molecule has 3 rings (SSSR count). The van der Waals surface area contributed by atoms with Crippen LogP contribution in [0.25, 0.3) is 0 Å². The Kier molecular flexibility index (Phi) is 6.69. The fourth-order valence-electron chi connectivity index (χ4n) is 2.90. The van der Waals surface area contributed by atoms with Crippen LogP contribution in [0.1, 0.15) is 0 Å². The molecule has 0 atom stereocenters. The van der Waals surface area contributed by atoms with E-state index in [0.29, 0.717) is 4.31 Å². The fourth-order valence-corrected chi connectivity index (χ4v) is 4.35. The maximum Gasteiger partial charge on any atom is 0.271 e. The summed E-state index contributed by atoms with van der Waals surface area (Å²) >= 11 is 0. The van der Waals surface area contributed by atoms with E-state index in [0.717, 1.165) is 12.1 Å². The molecule has 0 spiro atoms. The predicted octanol–water partition coefficient (Wildman–Crippen LogP) is 3.58. The molecule has 0 bridgehead atoms. The van der Waals surface area contributed by atoms with E-state index in [9.17, 15) is 27.7 Å². The van der Waals surface area contributed by atoms with E-state index in [1.807, 2.05) is 0 Å². The Hall–Kier alpha value is -3.99. The van der Waals surface area contributed by atoms with Crippen molar-refractivity contribution in [2.24, 2.45) is 0 Å². The van der Waals surface area contributed by atoms with E-state index in [-0.39, 0.29) is 27.7 Å².